The van der Waals surface area contributed by atoms with E-state index in [2.05, 4.69) is 4.72 Å². The van der Waals surface area contributed by atoms with Crippen molar-refractivity contribution >= 4 is 34.0 Å². The normalized spacial score (nSPS) is 18.5. The Morgan fingerprint density at radius 1 is 1.41 bits per heavy atom. The highest BCUT2D eigenvalue weighted by Gasteiger charge is 2.24. The summed E-state index contributed by atoms with van der Waals surface area (Å²) in [6, 6.07) is 5.08. The van der Waals surface area contributed by atoms with Crippen molar-refractivity contribution < 1.29 is 13.2 Å². The van der Waals surface area contributed by atoms with Gasteiger partial charge in [-0.2, -0.15) is 0 Å². The second-order valence-electron chi connectivity index (χ2n) is 5.58. The highest BCUT2D eigenvalue weighted by Crippen LogP contribution is 2.22. The average molecular weight is 348 g/mol. The summed E-state index contributed by atoms with van der Waals surface area (Å²) in [6.45, 7) is 3.02. The van der Waals surface area contributed by atoms with Gasteiger partial charge >= 0.3 is 0 Å². The predicted octanol–water partition coefficient (Wildman–Crippen LogP) is 1.35. The number of carbonyl (C=O) groups is 1. The molecule has 1 unspecified atom stereocenters. The molecule has 1 heterocycles. The zero-order valence-corrected chi connectivity index (χ0v) is 14.3. The molecule has 0 saturated carbocycles. The summed E-state index contributed by atoms with van der Waals surface area (Å²) in [7, 11) is -3.43. The van der Waals surface area contributed by atoms with Crippen LogP contribution in [0.2, 0.25) is 0 Å². The lowest BCUT2D eigenvalue weighted by Crippen LogP contribution is -2.45. The van der Waals surface area contributed by atoms with Gasteiger partial charge in [-0.25, -0.2) is 8.42 Å². The van der Waals surface area contributed by atoms with Gasteiger partial charge in [-0.3, -0.25) is 9.52 Å². The molecule has 0 bridgehead atoms. The molecule has 0 aromatic heterocycles. The fourth-order valence-electron chi connectivity index (χ4n) is 2.49. The molecule has 1 aliphatic rings. The molecule has 1 aliphatic heterocycles. The summed E-state index contributed by atoms with van der Waals surface area (Å²) in [6.07, 6.45) is 2.84. The maximum atomic E-state index is 12.6. The Labute approximate surface area is 137 Å². The zero-order chi connectivity index (χ0) is 15.6. The lowest BCUT2D eigenvalue weighted by atomic mass is 10.0. The monoisotopic (exact) mass is 347 g/mol. The van der Waals surface area contributed by atoms with Crippen molar-refractivity contribution in [1.29, 1.82) is 0 Å². The van der Waals surface area contributed by atoms with Gasteiger partial charge < -0.3 is 10.6 Å². The van der Waals surface area contributed by atoms with Gasteiger partial charge in [-0.1, -0.05) is 11.6 Å². The smallest absolute Gasteiger partial charge is 0.256 e. The summed E-state index contributed by atoms with van der Waals surface area (Å²) < 4.78 is 25.3. The zero-order valence-electron chi connectivity index (χ0n) is 12.7. The number of sulfonamides is 1. The first-order chi connectivity index (χ1) is 9.76. The van der Waals surface area contributed by atoms with Gasteiger partial charge in [0.25, 0.3) is 5.91 Å². The molecule has 22 heavy (non-hydrogen) atoms. The van der Waals surface area contributed by atoms with Gasteiger partial charge in [0, 0.05) is 19.1 Å². The SMILES string of the molecule is Cc1ccc(NS(C)(=O)=O)c(C(=O)N2CCCC(N)C2)c1.Cl. The van der Waals surface area contributed by atoms with E-state index in [4.69, 9.17) is 5.73 Å². The molecule has 6 nitrogen and oxygen atoms in total. The topological polar surface area (TPSA) is 92.5 Å². The quantitative estimate of drug-likeness (QED) is 0.863. The first-order valence-electron chi connectivity index (χ1n) is 6.89. The molecular weight excluding hydrogens is 326 g/mol. The van der Waals surface area contributed by atoms with Gasteiger partial charge in [0.1, 0.15) is 0 Å². The number of halogens is 1. The third-order valence-electron chi connectivity index (χ3n) is 3.45. The van der Waals surface area contributed by atoms with Gasteiger partial charge in [-0.15, -0.1) is 12.4 Å². The van der Waals surface area contributed by atoms with E-state index in [9.17, 15) is 13.2 Å². The molecule has 1 atom stereocenters. The molecular formula is C14H22ClN3O3S. The van der Waals surface area contributed by atoms with Crippen molar-refractivity contribution in [3.8, 4) is 0 Å². The third kappa shape index (κ3) is 4.86. The molecule has 3 N–H and O–H groups in total. The number of hydrogen-bond acceptors (Lipinski definition) is 4. The Morgan fingerprint density at radius 2 is 2.09 bits per heavy atom. The number of hydrogen-bond donors (Lipinski definition) is 2. The number of nitrogens with zero attached hydrogens (tertiary/aromatic N) is 1. The molecule has 8 heteroatoms. The van der Waals surface area contributed by atoms with E-state index in [-0.39, 0.29) is 24.4 Å². The Morgan fingerprint density at radius 3 is 2.68 bits per heavy atom. The molecule has 1 aromatic rings. The average Bonchev–Trinajstić information content (AvgIpc) is 2.38. The molecule has 1 aromatic carbocycles. The van der Waals surface area contributed by atoms with Crippen LogP contribution in [-0.4, -0.2) is 44.6 Å². The van der Waals surface area contributed by atoms with E-state index in [1.807, 2.05) is 6.92 Å². The van der Waals surface area contributed by atoms with Crippen LogP contribution in [0.1, 0.15) is 28.8 Å². The molecule has 0 spiro atoms. The van der Waals surface area contributed by atoms with Gasteiger partial charge in [0.2, 0.25) is 10.0 Å². The van der Waals surface area contributed by atoms with Gasteiger partial charge in [-0.05, 0) is 31.9 Å². The van der Waals surface area contributed by atoms with Crippen LogP contribution in [0.25, 0.3) is 0 Å². The lowest BCUT2D eigenvalue weighted by Gasteiger charge is -2.31. The van der Waals surface area contributed by atoms with Crippen molar-refractivity contribution in [3.63, 3.8) is 0 Å². The lowest BCUT2D eigenvalue weighted by molar-refractivity contribution is 0.0710. The number of anilines is 1. The molecule has 1 amide bonds. The van der Waals surface area contributed by atoms with E-state index < -0.39 is 10.0 Å². The molecule has 2 rings (SSSR count). The number of amides is 1. The maximum absolute atomic E-state index is 12.6. The van der Waals surface area contributed by atoms with E-state index in [1.165, 1.54) is 0 Å². The minimum atomic E-state index is -3.43. The summed E-state index contributed by atoms with van der Waals surface area (Å²) >= 11 is 0. The van der Waals surface area contributed by atoms with Crippen LogP contribution >= 0.6 is 12.4 Å². The number of carbonyl (C=O) groups excluding carboxylic acids is 1. The molecule has 0 radical (unpaired) electrons. The summed E-state index contributed by atoms with van der Waals surface area (Å²) in [5.74, 6) is -0.181. The number of piperidine rings is 1. The van der Waals surface area contributed by atoms with E-state index >= 15 is 0 Å². The second-order valence-corrected chi connectivity index (χ2v) is 7.33. The van der Waals surface area contributed by atoms with Crippen LogP contribution in [0.4, 0.5) is 5.69 Å². The fourth-order valence-corrected chi connectivity index (χ4v) is 3.07. The summed E-state index contributed by atoms with van der Waals surface area (Å²) in [4.78, 5) is 14.3. The first-order valence-corrected chi connectivity index (χ1v) is 8.79. The molecule has 1 saturated heterocycles. The largest absolute Gasteiger partial charge is 0.337 e. The van der Waals surface area contributed by atoms with E-state index in [1.54, 1.807) is 23.1 Å². The first kappa shape index (κ1) is 18.7. The number of benzene rings is 1. The Bertz CT molecular complexity index is 649. The number of nitrogens with one attached hydrogen (secondary N) is 1. The van der Waals surface area contributed by atoms with E-state index in [0.29, 0.717) is 24.3 Å². The highest BCUT2D eigenvalue weighted by atomic mass is 35.5. The van der Waals surface area contributed by atoms with Crippen LogP contribution in [0.15, 0.2) is 18.2 Å². The van der Waals surface area contributed by atoms with Crippen LogP contribution in [0.5, 0.6) is 0 Å². The van der Waals surface area contributed by atoms with Crippen molar-refractivity contribution in [1.82, 2.24) is 4.90 Å². The van der Waals surface area contributed by atoms with Gasteiger partial charge in [0.15, 0.2) is 0 Å². The second kappa shape index (κ2) is 7.30. The number of nitrogens with two attached hydrogens (primary N) is 1. The number of rotatable bonds is 3. The van der Waals surface area contributed by atoms with Crippen molar-refractivity contribution in [2.45, 2.75) is 25.8 Å². The van der Waals surface area contributed by atoms with Crippen molar-refractivity contribution in [3.05, 3.63) is 29.3 Å². The third-order valence-corrected chi connectivity index (χ3v) is 4.04. The number of aryl methyl sites for hydroxylation is 1. The van der Waals surface area contributed by atoms with Crippen molar-refractivity contribution in [2.24, 2.45) is 5.73 Å². The molecule has 1 fully saturated rings. The van der Waals surface area contributed by atoms with E-state index in [0.717, 1.165) is 24.7 Å². The Hall–Kier alpha value is -1.31. The molecule has 0 aliphatic carbocycles. The highest BCUT2D eigenvalue weighted by molar-refractivity contribution is 7.92. The maximum Gasteiger partial charge on any atom is 0.256 e. The predicted molar refractivity (Wildman–Crippen MR) is 90.0 cm³/mol. The van der Waals surface area contributed by atoms with Crippen LogP contribution in [0.3, 0.4) is 0 Å². The summed E-state index contributed by atoms with van der Waals surface area (Å²) in [5, 5.41) is 0. The number of likely N-dealkylation sites (tertiary alicyclic amines) is 1. The minimum Gasteiger partial charge on any atom is -0.337 e. The molecule has 124 valence electrons. The minimum absolute atomic E-state index is 0. The fraction of sp³-hybridized carbons (Fsp3) is 0.500. The van der Waals surface area contributed by atoms with Crippen LogP contribution < -0.4 is 10.5 Å². The Kier molecular flexibility index (Phi) is 6.22. The van der Waals surface area contributed by atoms with Crippen LogP contribution in [0, 0.1) is 6.92 Å². The van der Waals surface area contributed by atoms with Gasteiger partial charge in [0.05, 0.1) is 17.5 Å². The Balaban J connectivity index is 0.00000242. The van der Waals surface area contributed by atoms with Crippen LogP contribution in [-0.2, 0) is 10.0 Å². The standard InChI is InChI=1S/C14H21N3O3S.ClH/c1-10-5-6-13(16-21(2,19)20)12(8-10)14(18)17-7-3-4-11(15)9-17;/h5-6,8,11,16H,3-4,7,9,15H2,1-2H3;1H. The summed E-state index contributed by atoms with van der Waals surface area (Å²) in [5.41, 5.74) is 7.49. The van der Waals surface area contributed by atoms with Crippen molar-refractivity contribution in [2.75, 3.05) is 24.1 Å².